The molecule has 5 nitrogen and oxygen atoms in total. The van der Waals surface area contributed by atoms with Gasteiger partial charge >= 0.3 is 0 Å². The van der Waals surface area contributed by atoms with E-state index in [0.29, 0.717) is 0 Å². The van der Waals surface area contributed by atoms with Crippen LogP contribution in [0.1, 0.15) is 0 Å². The van der Waals surface area contributed by atoms with E-state index in [2.05, 4.69) is 4.98 Å². The zero-order valence-electron chi connectivity index (χ0n) is 8.90. The van der Waals surface area contributed by atoms with Gasteiger partial charge in [-0.05, 0) is 12.1 Å². The van der Waals surface area contributed by atoms with Crippen LogP contribution in [-0.4, -0.2) is 28.1 Å². The fraction of sp³-hybridized carbons (Fsp3) is 0.286. The first-order valence-corrected chi connectivity index (χ1v) is 9.54. The average molecular weight is 442 g/mol. The first-order valence-electron chi connectivity index (χ1n) is 4.31. The van der Waals surface area contributed by atoms with E-state index in [1.54, 1.807) is 0 Å². The number of hydrogen-bond donors (Lipinski definition) is 0. The van der Waals surface area contributed by atoms with Crippen LogP contribution in [0.3, 0.4) is 0 Å². The molecule has 0 saturated carbocycles. The number of pyridine rings is 1. The van der Waals surface area contributed by atoms with Gasteiger partial charge in [0.15, 0.2) is 10.1 Å². The van der Waals surface area contributed by atoms with Crippen LogP contribution in [0.4, 0.5) is 0 Å². The van der Waals surface area contributed by atoms with Crippen LogP contribution in [-0.2, 0) is 19.7 Å². The molecule has 0 aliphatic rings. The summed E-state index contributed by atoms with van der Waals surface area (Å²) in [5.41, 5.74) is 0. The monoisotopic (exact) mass is 439 g/mol. The van der Waals surface area contributed by atoms with Gasteiger partial charge in [0.25, 0.3) is 6.25 Å². The smallest absolute Gasteiger partial charge is 0.224 e. The molecule has 0 radical (unpaired) electrons. The van der Waals surface area contributed by atoms with Crippen molar-refractivity contribution >= 4 is 89.3 Å². The summed E-state index contributed by atoms with van der Waals surface area (Å²) in [6.45, 7) is 0. The van der Waals surface area contributed by atoms with Gasteiger partial charge in [0.05, 0.1) is 0 Å². The molecule has 20 heavy (non-hydrogen) atoms. The van der Waals surface area contributed by atoms with Gasteiger partial charge in [-0.15, -0.1) is 0 Å². The third-order valence-corrected chi connectivity index (χ3v) is 8.29. The normalized spacial score (nSPS) is 14.3. The molecule has 0 N–H and O–H groups in total. The highest BCUT2D eigenvalue weighted by atomic mass is 35.6. The van der Waals surface area contributed by atoms with Crippen LogP contribution >= 0.6 is 69.6 Å². The predicted molar refractivity (Wildman–Crippen MR) is 79.2 cm³/mol. The lowest BCUT2D eigenvalue weighted by Gasteiger charge is -2.14. The molecule has 13 heteroatoms. The van der Waals surface area contributed by atoms with Gasteiger partial charge in [-0.1, -0.05) is 75.7 Å². The van der Waals surface area contributed by atoms with Gasteiger partial charge in [0, 0.05) is 0 Å². The molecule has 114 valence electrons. The number of nitrogens with zero attached hydrogens (tertiary/aromatic N) is 1. The van der Waals surface area contributed by atoms with Gasteiger partial charge in [-0.3, -0.25) is 0 Å². The first kappa shape index (κ1) is 18.8. The maximum Gasteiger partial charge on any atom is 0.298 e. The van der Waals surface area contributed by atoms with Gasteiger partial charge in [-0.25, -0.2) is 21.8 Å². The third-order valence-electron chi connectivity index (χ3n) is 1.86. The Morgan fingerprint density at radius 2 is 1.05 bits per heavy atom. The molecule has 0 fully saturated rings. The van der Waals surface area contributed by atoms with Crippen molar-refractivity contribution in [1.82, 2.24) is 4.98 Å². The fourth-order valence-electron chi connectivity index (χ4n) is 0.932. The fourth-order valence-corrected chi connectivity index (χ4v) is 3.84. The highest BCUT2D eigenvalue weighted by Gasteiger charge is 2.43. The van der Waals surface area contributed by atoms with Crippen molar-refractivity contribution in [3.05, 3.63) is 18.2 Å². The van der Waals surface area contributed by atoms with E-state index in [9.17, 15) is 16.8 Å². The third kappa shape index (κ3) is 3.57. The van der Waals surface area contributed by atoms with Crippen molar-refractivity contribution in [2.45, 2.75) is 16.3 Å². The first-order chi connectivity index (χ1) is 8.71. The minimum atomic E-state index is -4.51. The van der Waals surface area contributed by atoms with Crippen molar-refractivity contribution in [3.63, 3.8) is 0 Å². The summed E-state index contributed by atoms with van der Waals surface area (Å²) in [6, 6.07) is 2.93. The quantitative estimate of drug-likeness (QED) is 0.658. The summed E-state index contributed by atoms with van der Waals surface area (Å²) in [4.78, 5) is 3.37. The highest BCUT2D eigenvalue weighted by molar-refractivity contribution is 7.97. The molecule has 1 aromatic heterocycles. The van der Waals surface area contributed by atoms with Crippen molar-refractivity contribution in [3.8, 4) is 0 Å². The van der Waals surface area contributed by atoms with Gasteiger partial charge < -0.3 is 0 Å². The molecular weight excluding hydrogens is 439 g/mol. The van der Waals surface area contributed by atoms with Crippen molar-refractivity contribution < 1.29 is 16.8 Å². The Bertz CT molecular complexity index is 659. The predicted octanol–water partition coefficient (Wildman–Crippen LogP) is 3.28. The van der Waals surface area contributed by atoms with Gasteiger partial charge in [0.1, 0.15) is 0 Å². The molecular formula is C7H3Cl6NO4S2. The highest BCUT2D eigenvalue weighted by Crippen LogP contribution is 2.39. The van der Waals surface area contributed by atoms with E-state index < -0.39 is 36.0 Å². The Hall–Kier alpha value is 0.790. The number of halogens is 6. The second-order valence-corrected chi connectivity index (χ2v) is 13.2. The van der Waals surface area contributed by atoms with Crippen molar-refractivity contribution in [2.24, 2.45) is 0 Å². The molecule has 0 unspecified atom stereocenters. The Labute approximate surface area is 144 Å². The summed E-state index contributed by atoms with van der Waals surface area (Å²) >= 11 is 31.7. The van der Waals surface area contributed by atoms with Crippen LogP contribution in [0.25, 0.3) is 0 Å². The average Bonchev–Trinajstić information content (AvgIpc) is 2.26. The minimum absolute atomic E-state index is 0.784. The summed E-state index contributed by atoms with van der Waals surface area (Å²) in [7, 11) is -9.03. The molecule has 0 atom stereocenters. The number of hydrogen-bond acceptors (Lipinski definition) is 5. The van der Waals surface area contributed by atoms with Crippen LogP contribution in [0.15, 0.2) is 28.3 Å². The lowest BCUT2D eigenvalue weighted by atomic mass is 10.5. The molecule has 1 rings (SSSR count). The standard InChI is InChI=1S/C7H3Cl6NO4S2/c8-6(9,10)19(15,16)4-2-1-3-5(14-4)20(17,18)7(11,12)13/h1-3H. The van der Waals surface area contributed by atoms with Gasteiger partial charge in [0.2, 0.25) is 19.7 Å². The summed E-state index contributed by atoms with van der Waals surface area (Å²) in [5.74, 6) is 0. The minimum Gasteiger partial charge on any atom is -0.224 e. The van der Waals surface area contributed by atoms with E-state index >= 15 is 0 Å². The Kier molecular flexibility index (Phi) is 5.44. The number of rotatable bonds is 2. The summed E-state index contributed by atoms with van der Waals surface area (Å²) in [5, 5.41) is -1.57. The molecule has 1 heterocycles. The van der Waals surface area contributed by atoms with Crippen molar-refractivity contribution in [1.29, 1.82) is 0 Å². The van der Waals surface area contributed by atoms with E-state index in [-0.39, 0.29) is 0 Å². The van der Waals surface area contributed by atoms with E-state index in [0.717, 1.165) is 18.2 Å². The largest absolute Gasteiger partial charge is 0.298 e. The number of alkyl halides is 6. The van der Waals surface area contributed by atoms with Gasteiger partial charge in [-0.2, -0.15) is 0 Å². The van der Waals surface area contributed by atoms with Crippen LogP contribution in [0.2, 0.25) is 0 Å². The zero-order valence-corrected chi connectivity index (χ0v) is 15.1. The molecule has 0 aromatic carbocycles. The Morgan fingerprint density at radius 3 is 1.30 bits per heavy atom. The van der Waals surface area contributed by atoms with Crippen molar-refractivity contribution in [2.75, 3.05) is 0 Å². The van der Waals surface area contributed by atoms with Crippen LogP contribution in [0, 0.1) is 0 Å². The molecule has 0 amide bonds. The molecule has 0 saturated heterocycles. The SMILES string of the molecule is O=S(=O)(c1cccc(S(=O)(=O)C(Cl)(Cl)Cl)n1)C(Cl)(Cl)Cl. The van der Waals surface area contributed by atoms with E-state index in [1.807, 2.05) is 0 Å². The zero-order chi connectivity index (χ0) is 16.0. The molecule has 0 bridgehead atoms. The molecule has 0 aliphatic carbocycles. The van der Waals surface area contributed by atoms with E-state index in [4.69, 9.17) is 69.6 Å². The molecule has 0 spiro atoms. The molecule has 1 aromatic rings. The van der Waals surface area contributed by atoms with Crippen LogP contribution in [0.5, 0.6) is 0 Å². The Balaban J connectivity index is 3.53. The number of sulfone groups is 2. The maximum atomic E-state index is 11.8. The second kappa shape index (κ2) is 5.77. The number of aromatic nitrogens is 1. The summed E-state index contributed by atoms with van der Waals surface area (Å²) in [6.07, 6.45) is 0. The second-order valence-electron chi connectivity index (χ2n) is 3.21. The van der Waals surface area contributed by atoms with Crippen LogP contribution < -0.4 is 0 Å². The lowest BCUT2D eigenvalue weighted by Crippen LogP contribution is -2.24. The lowest BCUT2D eigenvalue weighted by molar-refractivity contribution is 0.585. The molecule has 0 aliphatic heterocycles. The topological polar surface area (TPSA) is 81.2 Å². The Morgan fingerprint density at radius 1 is 0.750 bits per heavy atom. The van der Waals surface area contributed by atoms with E-state index in [1.165, 1.54) is 0 Å². The summed E-state index contributed by atoms with van der Waals surface area (Å²) < 4.78 is 41.9. The maximum absolute atomic E-state index is 11.8.